The van der Waals surface area contributed by atoms with Gasteiger partial charge in [-0.2, -0.15) is 0 Å². The molecule has 0 radical (unpaired) electrons. The number of hydrogen-bond acceptors (Lipinski definition) is 3. The number of carbonyl (C=O) groups is 1. The van der Waals surface area contributed by atoms with Gasteiger partial charge < -0.3 is 15.8 Å². The Bertz CT molecular complexity index is 435. The Balaban J connectivity index is 2.45. The molecule has 4 nitrogen and oxygen atoms in total. The molecule has 0 bridgehead atoms. The molecule has 1 aromatic rings. The zero-order valence-corrected chi connectivity index (χ0v) is 11.6. The molecule has 1 atom stereocenters. The smallest absolute Gasteiger partial charge is 0.250 e. The highest BCUT2D eigenvalue weighted by molar-refractivity contribution is 5.92. The molecule has 0 spiro atoms. The van der Waals surface area contributed by atoms with Gasteiger partial charge >= 0.3 is 0 Å². The van der Waals surface area contributed by atoms with Crippen LogP contribution in [0.3, 0.4) is 0 Å². The number of nitrogen functional groups attached to an aromatic ring is 1. The van der Waals surface area contributed by atoms with Crippen molar-refractivity contribution in [1.29, 1.82) is 0 Å². The molecule has 0 saturated heterocycles. The molecule has 19 heavy (non-hydrogen) atoms. The number of rotatable bonds is 6. The highest BCUT2D eigenvalue weighted by Crippen LogP contribution is 2.17. The number of nitrogens with two attached hydrogens (primary N) is 1. The van der Waals surface area contributed by atoms with Gasteiger partial charge in [-0.3, -0.25) is 4.79 Å². The summed E-state index contributed by atoms with van der Waals surface area (Å²) < 4.78 is 18.8. The first-order valence-corrected chi connectivity index (χ1v) is 6.35. The molecule has 0 aliphatic carbocycles. The summed E-state index contributed by atoms with van der Waals surface area (Å²) in [6.45, 7) is 5.99. The molecule has 0 heterocycles. The molecular formula is C14H21FN2O2. The topological polar surface area (TPSA) is 64.3 Å². The van der Waals surface area contributed by atoms with Crippen molar-refractivity contribution in [2.75, 3.05) is 17.7 Å². The first kappa shape index (κ1) is 15.4. The number of halogens is 1. The molecule has 0 aliphatic rings. The van der Waals surface area contributed by atoms with Gasteiger partial charge in [0.25, 0.3) is 0 Å². The average Bonchev–Trinajstić information content (AvgIpc) is 2.30. The number of amides is 1. The Morgan fingerprint density at radius 1 is 1.42 bits per heavy atom. The van der Waals surface area contributed by atoms with E-state index in [-0.39, 0.29) is 24.3 Å². The molecule has 1 amide bonds. The highest BCUT2D eigenvalue weighted by Gasteiger charge is 2.10. The van der Waals surface area contributed by atoms with Crippen molar-refractivity contribution in [3.05, 3.63) is 24.0 Å². The van der Waals surface area contributed by atoms with Gasteiger partial charge in [0, 0.05) is 5.69 Å². The van der Waals surface area contributed by atoms with Crippen LogP contribution in [0.4, 0.5) is 15.8 Å². The lowest BCUT2D eigenvalue weighted by Gasteiger charge is -2.15. The quantitative estimate of drug-likeness (QED) is 0.780. The third kappa shape index (κ3) is 5.70. The summed E-state index contributed by atoms with van der Waals surface area (Å²) in [5.74, 6) is -0.401. The normalized spacial score (nSPS) is 12.5. The molecule has 106 valence electrons. The van der Waals surface area contributed by atoms with Gasteiger partial charge in [-0.05, 0) is 37.5 Å². The molecule has 0 fully saturated rings. The molecule has 3 N–H and O–H groups in total. The van der Waals surface area contributed by atoms with Crippen LogP contribution in [-0.2, 0) is 9.53 Å². The van der Waals surface area contributed by atoms with Gasteiger partial charge in [0.2, 0.25) is 5.91 Å². The van der Waals surface area contributed by atoms with Gasteiger partial charge in [0.05, 0.1) is 11.8 Å². The van der Waals surface area contributed by atoms with Crippen LogP contribution in [0.1, 0.15) is 27.2 Å². The van der Waals surface area contributed by atoms with Gasteiger partial charge in [-0.25, -0.2) is 4.39 Å². The molecule has 1 unspecified atom stereocenters. The zero-order chi connectivity index (χ0) is 14.4. The Kier molecular flexibility index (Phi) is 5.76. The minimum atomic E-state index is -0.516. The molecule has 1 aromatic carbocycles. The fraction of sp³-hybridized carbons (Fsp3) is 0.500. The van der Waals surface area contributed by atoms with Crippen LogP contribution in [0.2, 0.25) is 0 Å². The number of nitrogens with one attached hydrogen (secondary N) is 1. The van der Waals surface area contributed by atoms with E-state index in [1.807, 2.05) is 6.92 Å². The van der Waals surface area contributed by atoms with E-state index in [0.29, 0.717) is 11.6 Å². The summed E-state index contributed by atoms with van der Waals surface area (Å²) in [5.41, 5.74) is 6.00. The van der Waals surface area contributed by atoms with Gasteiger partial charge in [-0.1, -0.05) is 13.8 Å². The third-order valence-corrected chi connectivity index (χ3v) is 2.57. The zero-order valence-electron chi connectivity index (χ0n) is 11.6. The van der Waals surface area contributed by atoms with Crippen LogP contribution in [0.5, 0.6) is 0 Å². The van der Waals surface area contributed by atoms with E-state index in [2.05, 4.69) is 19.2 Å². The minimum absolute atomic E-state index is 0.00330. The number of hydrogen-bond donors (Lipinski definition) is 2. The summed E-state index contributed by atoms with van der Waals surface area (Å²) in [6, 6.07) is 4.03. The second-order valence-corrected chi connectivity index (χ2v) is 5.04. The lowest BCUT2D eigenvalue weighted by molar-refractivity contribution is -0.122. The SMILES string of the molecule is CC(C)CC(C)OCC(=O)Nc1cc(N)ccc1F. The molecule has 0 aromatic heterocycles. The number of benzene rings is 1. The largest absolute Gasteiger partial charge is 0.399 e. The minimum Gasteiger partial charge on any atom is -0.399 e. The van der Waals surface area contributed by atoms with Crippen molar-refractivity contribution in [3.8, 4) is 0 Å². The van der Waals surface area contributed by atoms with Crippen LogP contribution in [0.15, 0.2) is 18.2 Å². The summed E-state index contributed by atoms with van der Waals surface area (Å²) in [4.78, 5) is 11.6. The van der Waals surface area contributed by atoms with E-state index in [1.54, 1.807) is 0 Å². The Hall–Kier alpha value is -1.62. The predicted octanol–water partition coefficient (Wildman–Crippen LogP) is 2.80. The van der Waals surface area contributed by atoms with Crippen LogP contribution in [-0.4, -0.2) is 18.6 Å². The van der Waals surface area contributed by atoms with Gasteiger partial charge in [-0.15, -0.1) is 0 Å². The van der Waals surface area contributed by atoms with Crippen molar-refractivity contribution in [2.24, 2.45) is 5.92 Å². The van der Waals surface area contributed by atoms with Gasteiger partial charge in [0.15, 0.2) is 0 Å². The van der Waals surface area contributed by atoms with Crippen LogP contribution in [0, 0.1) is 11.7 Å². The fourth-order valence-corrected chi connectivity index (χ4v) is 1.77. The van der Waals surface area contributed by atoms with Crippen molar-refractivity contribution in [3.63, 3.8) is 0 Å². The first-order chi connectivity index (χ1) is 8.88. The van der Waals surface area contributed by atoms with Crippen molar-refractivity contribution >= 4 is 17.3 Å². The third-order valence-electron chi connectivity index (χ3n) is 2.57. The Morgan fingerprint density at radius 2 is 2.11 bits per heavy atom. The molecule has 1 rings (SSSR count). The first-order valence-electron chi connectivity index (χ1n) is 6.35. The standard InChI is InChI=1S/C14H21FN2O2/c1-9(2)6-10(3)19-8-14(18)17-13-7-11(16)4-5-12(13)15/h4-5,7,9-10H,6,8,16H2,1-3H3,(H,17,18). The maximum absolute atomic E-state index is 13.4. The van der Waals surface area contributed by atoms with E-state index in [0.717, 1.165) is 6.42 Å². The maximum atomic E-state index is 13.4. The average molecular weight is 268 g/mol. The second kappa shape index (κ2) is 7.09. The highest BCUT2D eigenvalue weighted by atomic mass is 19.1. The Morgan fingerprint density at radius 3 is 2.74 bits per heavy atom. The number of ether oxygens (including phenoxy) is 1. The van der Waals surface area contributed by atoms with E-state index in [9.17, 15) is 9.18 Å². The van der Waals surface area contributed by atoms with E-state index in [1.165, 1.54) is 18.2 Å². The monoisotopic (exact) mass is 268 g/mol. The molecule has 5 heteroatoms. The molecule has 0 saturated carbocycles. The van der Waals surface area contributed by atoms with Gasteiger partial charge in [0.1, 0.15) is 12.4 Å². The lowest BCUT2D eigenvalue weighted by Crippen LogP contribution is -2.23. The van der Waals surface area contributed by atoms with Crippen molar-refractivity contribution in [2.45, 2.75) is 33.3 Å². The van der Waals surface area contributed by atoms with E-state index in [4.69, 9.17) is 10.5 Å². The molecule has 0 aliphatic heterocycles. The summed E-state index contributed by atoms with van der Waals surface area (Å²) in [6.07, 6.45) is 0.872. The Labute approximate surface area is 113 Å². The lowest BCUT2D eigenvalue weighted by atomic mass is 10.1. The summed E-state index contributed by atoms with van der Waals surface area (Å²) in [7, 11) is 0. The second-order valence-electron chi connectivity index (χ2n) is 5.04. The van der Waals surface area contributed by atoms with Crippen molar-refractivity contribution in [1.82, 2.24) is 0 Å². The van der Waals surface area contributed by atoms with Crippen LogP contribution >= 0.6 is 0 Å². The fourth-order valence-electron chi connectivity index (χ4n) is 1.77. The summed E-state index contributed by atoms with van der Waals surface area (Å²) >= 11 is 0. The van der Waals surface area contributed by atoms with Crippen LogP contribution < -0.4 is 11.1 Å². The van der Waals surface area contributed by atoms with Crippen molar-refractivity contribution < 1.29 is 13.9 Å². The number of anilines is 2. The van der Waals surface area contributed by atoms with E-state index >= 15 is 0 Å². The van der Waals surface area contributed by atoms with E-state index < -0.39 is 5.82 Å². The van der Waals surface area contributed by atoms with Crippen LogP contribution in [0.25, 0.3) is 0 Å². The summed E-state index contributed by atoms with van der Waals surface area (Å²) in [5, 5.41) is 2.44. The number of carbonyl (C=O) groups excluding carboxylic acids is 1. The predicted molar refractivity (Wildman–Crippen MR) is 74.3 cm³/mol. The maximum Gasteiger partial charge on any atom is 0.250 e. The molecular weight excluding hydrogens is 247 g/mol.